The van der Waals surface area contributed by atoms with Crippen molar-refractivity contribution >= 4 is 16.0 Å². The summed E-state index contributed by atoms with van der Waals surface area (Å²) >= 11 is 0. The van der Waals surface area contributed by atoms with Gasteiger partial charge in [0.1, 0.15) is 11.5 Å². The molecule has 102 valence electrons. The second kappa shape index (κ2) is 6.14. The molecule has 2 rings (SSSR count). The van der Waals surface area contributed by atoms with Crippen molar-refractivity contribution in [3.63, 3.8) is 0 Å². The van der Waals surface area contributed by atoms with Gasteiger partial charge in [-0.1, -0.05) is 24.0 Å². The van der Waals surface area contributed by atoms with E-state index in [0.717, 1.165) is 0 Å². The normalized spacial score (nSPS) is 10.4. The summed E-state index contributed by atoms with van der Waals surface area (Å²) < 4.78 is 26.8. The van der Waals surface area contributed by atoms with E-state index in [4.69, 9.17) is 5.11 Å². The molecule has 0 amide bonds. The number of anilines is 1. The largest absolute Gasteiger partial charge is 0.384 e. The van der Waals surface area contributed by atoms with Crippen LogP contribution in [0.15, 0.2) is 47.6 Å². The monoisotopic (exact) mass is 289 g/mol. The van der Waals surface area contributed by atoms with Crippen molar-refractivity contribution in [2.45, 2.75) is 4.90 Å². The van der Waals surface area contributed by atoms with Gasteiger partial charge in [-0.3, -0.25) is 0 Å². The molecule has 1 heterocycles. The van der Waals surface area contributed by atoms with E-state index in [-0.39, 0.29) is 17.5 Å². The first-order chi connectivity index (χ1) is 9.63. The summed E-state index contributed by atoms with van der Waals surface area (Å²) in [5.41, 5.74) is 0.296. The number of sulfonamides is 1. The van der Waals surface area contributed by atoms with Gasteiger partial charge in [0.15, 0.2) is 0 Å². The van der Waals surface area contributed by atoms with Crippen molar-refractivity contribution in [1.29, 1.82) is 0 Å². The number of rotatable bonds is 3. The van der Waals surface area contributed by atoms with Crippen molar-refractivity contribution in [2.75, 3.05) is 11.3 Å². The molecule has 6 nitrogen and oxygen atoms in total. The topological polar surface area (TPSA) is 92.2 Å². The summed E-state index contributed by atoms with van der Waals surface area (Å²) in [6.07, 6.45) is 2.87. The molecule has 0 fully saturated rings. The summed E-state index contributed by atoms with van der Waals surface area (Å²) in [5, 5.41) is 8.70. The second-order valence-electron chi connectivity index (χ2n) is 3.63. The maximum atomic E-state index is 12.3. The number of nitrogens with zero attached hydrogens (tertiary/aromatic N) is 2. The lowest BCUT2D eigenvalue weighted by atomic mass is 10.2. The van der Waals surface area contributed by atoms with Crippen LogP contribution in [-0.4, -0.2) is 30.1 Å². The molecule has 20 heavy (non-hydrogen) atoms. The molecule has 0 aliphatic carbocycles. The Hall–Kier alpha value is -2.43. The molecule has 1 aromatic heterocycles. The lowest BCUT2D eigenvalue weighted by Crippen LogP contribution is -2.16. The lowest BCUT2D eigenvalue weighted by molar-refractivity contribution is 0.350. The molecular formula is C13H11N3O3S. The first-order valence-corrected chi connectivity index (χ1v) is 7.10. The highest BCUT2D eigenvalue weighted by molar-refractivity contribution is 7.92. The van der Waals surface area contributed by atoms with Crippen LogP contribution >= 0.6 is 0 Å². The maximum Gasteiger partial charge on any atom is 0.265 e. The lowest BCUT2D eigenvalue weighted by Gasteiger charge is -2.07. The molecule has 2 aromatic rings. The van der Waals surface area contributed by atoms with E-state index in [1.165, 1.54) is 18.5 Å². The number of aliphatic hydroxyl groups excluding tert-OH is 1. The van der Waals surface area contributed by atoms with Gasteiger partial charge in [-0.25, -0.2) is 23.1 Å². The predicted octanol–water partition coefficient (Wildman–Crippen LogP) is 0.621. The number of nitrogens with one attached hydrogen (secondary N) is 1. The van der Waals surface area contributed by atoms with Crippen LogP contribution in [0.25, 0.3) is 0 Å². The van der Waals surface area contributed by atoms with Gasteiger partial charge in [-0.2, -0.15) is 0 Å². The van der Waals surface area contributed by atoms with Crippen molar-refractivity contribution in [3.8, 4) is 11.8 Å². The van der Waals surface area contributed by atoms with Gasteiger partial charge in [0, 0.05) is 18.0 Å². The highest BCUT2D eigenvalue weighted by Gasteiger charge is 2.18. The quantitative estimate of drug-likeness (QED) is 0.808. The summed E-state index contributed by atoms with van der Waals surface area (Å²) in [4.78, 5) is 7.62. The highest BCUT2D eigenvalue weighted by atomic mass is 32.2. The second-order valence-corrected chi connectivity index (χ2v) is 5.28. The molecule has 0 saturated carbocycles. The number of hydrogen-bond donors (Lipinski definition) is 2. The van der Waals surface area contributed by atoms with Gasteiger partial charge in [-0.05, 0) is 18.2 Å². The molecule has 0 bridgehead atoms. The van der Waals surface area contributed by atoms with Crippen LogP contribution in [0.2, 0.25) is 0 Å². The number of benzene rings is 1. The average Bonchev–Trinajstić information content (AvgIpc) is 2.46. The Kier molecular flexibility index (Phi) is 4.30. The maximum absolute atomic E-state index is 12.3. The zero-order chi connectivity index (χ0) is 14.4. The van der Waals surface area contributed by atoms with Crippen LogP contribution in [-0.2, 0) is 10.0 Å². The number of aliphatic hydroxyl groups is 1. The Balaban J connectivity index is 2.40. The summed E-state index contributed by atoms with van der Waals surface area (Å²) in [6.45, 7) is -0.344. The van der Waals surface area contributed by atoms with Crippen LogP contribution < -0.4 is 4.72 Å². The van der Waals surface area contributed by atoms with Gasteiger partial charge in [0.2, 0.25) is 5.95 Å². The molecule has 0 spiro atoms. The van der Waals surface area contributed by atoms with Crippen molar-refractivity contribution in [1.82, 2.24) is 9.97 Å². The van der Waals surface area contributed by atoms with Gasteiger partial charge >= 0.3 is 0 Å². The van der Waals surface area contributed by atoms with Crippen LogP contribution in [0.5, 0.6) is 0 Å². The molecule has 1 aromatic carbocycles. The predicted molar refractivity (Wildman–Crippen MR) is 73.2 cm³/mol. The van der Waals surface area contributed by atoms with E-state index in [9.17, 15) is 8.42 Å². The third kappa shape index (κ3) is 3.32. The Bertz CT molecular complexity index is 749. The molecule has 7 heteroatoms. The van der Waals surface area contributed by atoms with Crippen molar-refractivity contribution < 1.29 is 13.5 Å². The molecular weight excluding hydrogens is 278 g/mol. The summed E-state index contributed by atoms with van der Waals surface area (Å²) in [5.74, 6) is 5.00. The SMILES string of the molecule is O=S(=O)(Nc1ncccn1)c1ccccc1C#CCO. The van der Waals surface area contributed by atoms with Gasteiger partial charge < -0.3 is 5.11 Å². The van der Waals surface area contributed by atoms with E-state index in [1.54, 1.807) is 24.3 Å². The minimum absolute atomic E-state index is 0.00778. The third-order valence-corrected chi connectivity index (χ3v) is 3.66. The minimum Gasteiger partial charge on any atom is -0.384 e. The van der Waals surface area contributed by atoms with Gasteiger partial charge in [0.05, 0.1) is 0 Å². The van der Waals surface area contributed by atoms with E-state index in [1.807, 2.05) is 0 Å². The fourth-order valence-corrected chi connectivity index (χ4v) is 2.59. The minimum atomic E-state index is -3.83. The Labute approximate surface area is 116 Å². The fourth-order valence-electron chi connectivity index (χ4n) is 1.47. The molecule has 0 saturated heterocycles. The molecule has 0 radical (unpaired) electrons. The van der Waals surface area contributed by atoms with Crippen LogP contribution in [0, 0.1) is 11.8 Å². The summed E-state index contributed by atoms with van der Waals surface area (Å²) in [6, 6.07) is 7.82. The van der Waals surface area contributed by atoms with Gasteiger partial charge in [0.25, 0.3) is 10.0 Å². The Morgan fingerprint density at radius 1 is 1.15 bits per heavy atom. The third-order valence-electron chi connectivity index (χ3n) is 2.27. The van der Waals surface area contributed by atoms with E-state index in [0.29, 0.717) is 5.56 Å². The zero-order valence-electron chi connectivity index (χ0n) is 10.3. The fraction of sp³-hybridized carbons (Fsp3) is 0.0769. The Morgan fingerprint density at radius 3 is 2.55 bits per heavy atom. The first-order valence-electron chi connectivity index (χ1n) is 5.62. The van der Waals surface area contributed by atoms with Crippen LogP contribution in [0.1, 0.15) is 5.56 Å². The Morgan fingerprint density at radius 2 is 1.85 bits per heavy atom. The molecule has 0 atom stereocenters. The molecule has 2 N–H and O–H groups in total. The highest BCUT2D eigenvalue weighted by Crippen LogP contribution is 2.16. The average molecular weight is 289 g/mol. The number of aromatic nitrogens is 2. The van der Waals surface area contributed by atoms with E-state index < -0.39 is 10.0 Å². The van der Waals surface area contributed by atoms with Crippen LogP contribution in [0.3, 0.4) is 0 Å². The molecule has 0 unspecified atom stereocenters. The van der Waals surface area contributed by atoms with Crippen molar-refractivity contribution in [3.05, 3.63) is 48.3 Å². The first kappa shape index (κ1) is 14.0. The zero-order valence-corrected chi connectivity index (χ0v) is 11.1. The molecule has 0 aliphatic rings. The van der Waals surface area contributed by atoms with E-state index in [2.05, 4.69) is 26.5 Å². The van der Waals surface area contributed by atoms with Crippen LogP contribution in [0.4, 0.5) is 5.95 Å². The van der Waals surface area contributed by atoms with Gasteiger partial charge in [-0.15, -0.1) is 0 Å². The van der Waals surface area contributed by atoms with E-state index >= 15 is 0 Å². The van der Waals surface area contributed by atoms with Crippen molar-refractivity contribution in [2.24, 2.45) is 0 Å². The number of hydrogen-bond acceptors (Lipinski definition) is 5. The molecule has 0 aliphatic heterocycles. The smallest absolute Gasteiger partial charge is 0.265 e. The summed E-state index contributed by atoms with van der Waals surface area (Å²) in [7, 11) is -3.83. The standard InChI is InChI=1S/C13H11N3O3S/c17-10-3-6-11-5-1-2-7-12(11)20(18,19)16-13-14-8-4-9-15-13/h1-2,4-5,7-9,17H,10H2,(H,14,15,16).